The number of hydrogen-bond donors (Lipinski definition) is 2. The van der Waals surface area contributed by atoms with Crippen molar-refractivity contribution in [2.75, 3.05) is 31.6 Å². The van der Waals surface area contributed by atoms with E-state index in [9.17, 15) is 9.59 Å². The molecule has 164 valence electrons. The summed E-state index contributed by atoms with van der Waals surface area (Å²) in [5.74, 6) is -0.479. The molecule has 1 aliphatic heterocycles. The van der Waals surface area contributed by atoms with Gasteiger partial charge in [-0.2, -0.15) is 0 Å². The van der Waals surface area contributed by atoms with E-state index in [1.165, 1.54) is 5.56 Å². The fourth-order valence-electron chi connectivity index (χ4n) is 3.63. The topological polar surface area (TPSA) is 70.7 Å². The first-order valence-electron chi connectivity index (χ1n) is 10.8. The van der Waals surface area contributed by atoms with Crippen LogP contribution in [0.25, 0.3) is 0 Å². The molecule has 1 heterocycles. The number of nitrogens with one attached hydrogen (secondary N) is 2. The van der Waals surface area contributed by atoms with E-state index >= 15 is 0 Å². The Kier molecular flexibility index (Phi) is 7.27. The average molecular weight is 430 g/mol. The van der Waals surface area contributed by atoms with Crippen LogP contribution < -0.4 is 10.6 Å². The molecule has 2 amide bonds. The van der Waals surface area contributed by atoms with Crippen molar-refractivity contribution in [2.45, 2.75) is 13.1 Å². The minimum Gasteiger partial charge on any atom is -0.379 e. The molecule has 0 radical (unpaired) electrons. The van der Waals surface area contributed by atoms with Crippen LogP contribution >= 0.6 is 0 Å². The zero-order valence-electron chi connectivity index (χ0n) is 17.9. The molecule has 3 aromatic rings. The highest BCUT2D eigenvalue weighted by molar-refractivity contribution is 6.08. The SMILES string of the molecule is O=C(Nc1ccccc1C(=O)NCc1ccc(CN2CCOCC2)cc1)c1ccccc1. The van der Waals surface area contributed by atoms with Crippen LogP contribution in [0.3, 0.4) is 0 Å². The van der Waals surface area contributed by atoms with Crippen molar-refractivity contribution < 1.29 is 14.3 Å². The van der Waals surface area contributed by atoms with Crippen molar-refractivity contribution in [1.29, 1.82) is 0 Å². The summed E-state index contributed by atoms with van der Waals surface area (Å²) in [4.78, 5) is 27.7. The molecule has 2 N–H and O–H groups in total. The molecule has 0 saturated carbocycles. The van der Waals surface area contributed by atoms with Crippen LogP contribution in [0, 0.1) is 0 Å². The van der Waals surface area contributed by atoms with Gasteiger partial charge in [-0.3, -0.25) is 14.5 Å². The molecule has 0 unspecified atom stereocenters. The maximum Gasteiger partial charge on any atom is 0.255 e. The predicted octanol–water partition coefficient (Wildman–Crippen LogP) is 3.70. The summed E-state index contributed by atoms with van der Waals surface area (Å²) in [5, 5.41) is 5.79. The molecule has 1 fully saturated rings. The molecule has 3 aromatic carbocycles. The van der Waals surface area contributed by atoms with Crippen molar-refractivity contribution in [3.05, 3.63) is 101 Å². The van der Waals surface area contributed by atoms with Crippen molar-refractivity contribution in [2.24, 2.45) is 0 Å². The third-order valence-corrected chi connectivity index (χ3v) is 5.44. The number of hydrogen-bond acceptors (Lipinski definition) is 4. The second kappa shape index (κ2) is 10.7. The van der Waals surface area contributed by atoms with Crippen LogP contribution in [0.1, 0.15) is 31.8 Å². The molecule has 0 bridgehead atoms. The summed E-state index contributed by atoms with van der Waals surface area (Å²) in [6.45, 7) is 4.81. The quantitative estimate of drug-likeness (QED) is 0.601. The van der Waals surface area contributed by atoms with Crippen molar-refractivity contribution in [1.82, 2.24) is 10.2 Å². The molecule has 32 heavy (non-hydrogen) atoms. The minimum absolute atomic E-state index is 0.230. The van der Waals surface area contributed by atoms with Crippen molar-refractivity contribution >= 4 is 17.5 Å². The summed E-state index contributed by atoms with van der Waals surface area (Å²) < 4.78 is 5.39. The van der Waals surface area contributed by atoms with E-state index in [-0.39, 0.29) is 11.8 Å². The van der Waals surface area contributed by atoms with Crippen molar-refractivity contribution in [3.8, 4) is 0 Å². The summed E-state index contributed by atoms with van der Waals surface area (Å²) >= 11 is 0. The molecule has 6 heteroatoms. The van der Waals surface area contributed by atoms with Gasteiger partial charge >= 0.3 is 0 Å². The standard InChI is InChI=1S/C26H27N3O3/c30-25(22-6-2-1-3-7-22)28-24-9-5-4-8-23(24)26(31)27-18-20-10-12-21(13-11-20)19-29-14-16-32-17-15-29/h1-13H,14-19H2,(H,27,31)(H,28,30). The van der Waals surface area contributed by atoms with E-state index in [0.29, 0.717) is 23.4 Å². The average Bonchev–Trinajstić information content (AvgIpc) is 2.85. The van der Waals surface area contributed by atoms with Crippen LogP contribution in [0.5, 0.6) is 0 Å². The molecule has 6 nitrogen and oxygen atoms in total. The van der Waals surface area contributed by atoms with Crippen LogP contribution in [-0.4, -0.2) is 43.0 Å². The Morgan fingerprint density at radius 1 is 0.781 bits per heavy atom. The summed E-state index contributed by atoms with van der Waals surface area (Å²) in [6, 6.07) is 24.2. The number of amides is 2. The Labute approximate surface area is 188 Å². The molecule has 0 spiro atoms. The largest absolute Gasteiger partial charge is 0.379 e. The zero-order chi connectivity index (χ0) is 22.2. The lowest BCUT2D eigenvalue weighted by molar-refractivity contribution is 0.0342. The number of nitrogens with zero attached hydrogens (tertiary/aromatic N) is 1. The maximum absolute atomic E-state index is 12.8. The van der Waals surface area contributed by atoms with E-state index in [2.05, 4.69) is 27.7 Å². The van der Waals surface area contributed by atoms with Crippen LogP contribution in [0.2, 0.25) is 0 Å². The molecule has 4 rings (SSSR count). The van der Waals surface area contributed by atoms with E-state index in [4.69, 9.17) is 4.74 Å². The Bertz CT molecular complexity index is 1050. The van der Waals surface area contributed by atoms with Gasteiger partial charge in [0.2, 0.25) is 0 Å². The Balaban J connectivity index is 1.34. The van der Waals surface area contributed by atoms with E-state index in [0.717, 1.165) is 38.4 Å². The van der Waals surface area contributed by atoms with E-state index < -0.39 is 0 Å². The Morgan fingerprint density at radius 2 is 1.44 bits per heavy atom. The van der Waals surface area contributed by atoms with Gasteiger partial charge in [0.05, 0.1) is 24.5 Å². The number of para-hydroxylation sites is 1. The van der Waals surface area contributed by atoms with Crippen molar-refractivity contribution in [3.63, 3.8) is 0 Å². The molecule has 1 aliphatic rings. The van der Waals surface area contributed by atoms with Gasteiger partial charge in [-0.25, -0.2) is 0 Å². The normalized spacial score (nSPS) is 14.0. The monoisotopic (exact) mass is 429 g/mol. The van der Waals surface area contributed by atoms with E-state index in [1.54, 1.807) is 48.5 Å². The van der Waals surface area contributed by atoms with Crippen LogP contribution in [0.15, 0.2) is 78.9 Å². The lowest BCUT2D eigenvalue weighted by Crippen LogP contribution is -2.35. The zero-order valence-corrected chi connectivity index (χ0v) is 17.9. The number of carbonyl (C=O) groups is 2. The van der Waals surface area contributed by atoms with Gasteiger partial charge in [0.25, 0.3) is 11.8 Å². The van der Waals surface area contributed by atoms with Gasteiger partial charge in [0.1, 0.15) is 0 Å². The number of ether oxygens (including phenoxy) is 1. The van der Waals surface area contributed by atoms with E-state index in [1.807, 2.05) is 18.2 Å². The third-order valence-electron chi connectivity index (χ3n) is 5.44. The smallest absolute Gasteiger partial charge is 0.255 e. The van der Waals surface area contributed by atoms with Gasteiger partial charge in [-0.05, 0) is 35.4 Å². The van der Waals surface area contributed by atoms with Gasteiger partial charge in [0.15, 0.2) is 0 Å². The fraction of sp³-hybridized carbons (Fsp3) is 0.231. The molecule has 0 aliphatic carbocycles. The lowest BCUT2D eigenvalue weighted by Gasteiger charge is -2.26. The second-order valence-corrected chi connectivity index (χ2v) is 7.75. The lowest BCUT2D eigenvalue weighted by atomic mass is 10.1. The fourth-order valence-corrected chi connectivity index (χ4v) is 3.63. The number of morpholine rings is 1. The number of anilines is 1. The molecule has 0 aromatic heterocycles. The van der Waals surface area contributed by atoms with Gasteiger partial charge in [-0.15, -0.1) is 0 Å². The predicted molar refractivity (Wildman–Crippen MR) is 125 cm³/mol. The summed E-state index contributed by atoms with van der Waals surface area (Å²) in [5.41, 5.74) is 3.73. The highest BCUT2D eigenvalue weighted by Crippen LogP contribution is 2.17. The maximum atomic E-state index is 12.8. The summed E-state index contributed by atoms with van der Waals surface area (Å²) in [6.07, 6.45) is 0. The minimum atomic E-state index is -0.248. The first-order valence-corrected chi connectivity index (χ1v) is 10.8. The molecule has 0 atom stereocenters. The van der Waals surface area contributed by atoms with Gasteiger partial charge in [0, 0.05) is 31.7 Å². The first-order chi connectivity index (χ1) is 15.7. The van der Waals surface area contributed by atoms with Gasteiger partial charge in [-0.1, -0.05) is 54.6 Å². The Morgan fingerprint density at radius 3 is 2.19 bits per heavy atom. The number of carbonyl (C=O) groups excluding carboxylic acids is 2. The second-order valence-electron chi connectivity index (χ2n) is 7.75. The van der Waals surface area contributed by atoms with Gasteiger partial charge < -0.3 is 15.4 Å². The highest BCUT2D eigenvalue weighted by Gasteiger charge is 2.14. The number of rotatable bonds is 7. The third kappa shape index (κ3) is 5.81. The highest BCUT2D eigenvalue weighted by atomic mass is 16.5. The first kappa shape index (κ1) is 21.7. The summed E-state index contributed by atoms with van der Waals surface area (Å²) in [7, 11) is 0. The van der Waals surface area contributed by atoms with Crippen LogP contribution in [-0.2, 0) is 17.8 Å². The molecular weight excluding hydrogens is 402 g/mol. The molecule has 1 saturated heterocycles. The van der Waals surface area contributed by atoms with Crippen LogP contribution in [0.4, 0.5) is 5.69 Å². The number of benzene rings is 3. The Hall–Kier alpha value is -3.48. The molecular formula is C26H27N3O3.